The molecule has 36 heavy (non-hydrogen) atoms. The van der Waals surface area contributed by atoms with Crippen LogP contribution in [0, 0.1) is 0 Å². The zero-order valence-electron chi connectivity index (χ0n) is 19.3. The van der Waals surface area contributed by atoms with Crippen LogP contribution in [0.2, 0.25) is 0 Å². The number of nitrogen functional groups attached to an aromatic ring is 2. The van der Waals surface area contributed by atoms with E-state index in [1.54, 1.807) is 0 Å². The van der Waals surface area contributed by atoms with Crippen molar-refractivity contribution in [2.45, 2.75) is 24.5 Å². The van der Waals surface area contributed by atoms with Gasteiger partial charge in [0, 0.05) is 0 Å². The monoisotopic (exact) mass is 546 g/mol. The first-order chi connectivity index (χ1) is 14.6. The number of imidazole rings is 1. The second kappa shape index (κ2) is 14.5. The predicted octanol–water partition coefficient (Wildman–Crippen LogP) is -16.6. The molecule has 1 fully saturated rings. The van der Waals surface area contributed by atoms with Crippen LogP contribution in [0.4, 0.5) is 11.8 Å². The molecule has 2 aromatic heterocycles. The fraction of sp³-hybridized carbons (Fsp3) is 0.500. The van der Waals surface area contributed by atoms with E-state index in [1.807, 2.05) is 0 Å². The summed E-state index contributed by atoms with van der Waals surface area (Å²) in [4.78, 5) is 54.9. The van der Waals surface area contributed by atoms with Gasteiger partial charge in [-0.2, -0.15) is 9.97 Å². The third-order valence-corrected chi connectivity index (χ3v) is 7.54. The number of nitrogens with two attached hydrogens (primary N) is 2. The molecule has 0 saturated carbocycles. The molecule has 1 saturated heterocycles. The van der Waals surface area contributed by atoms with E-state index in [9.17, 15) is 43.5 Å². The predicted molar refractivity (Wildman–Crippen MR) is 91.0 cm³/mol. The van der Waals surface area contributed by atoms with Gasteiger partial charge in [-0.05, 0) is 0 Å². The number of nitrogens with zero attached hydrogens (tertiary/aromatic N) is 4. The average molecular weight is 546 g/mol. The minimum atomic E-state index is -6.15. The first-order valence-corrected chi connectivity index (χ1v) is 12.5. The molecular weight excluding hydrogens is 533 g/mol. The van der Waals surface area contributed by atoms with E-state index in [2.05, 4.69) is 28.1 Å². The van der Waals surface area contributed by atoms with Crippen molar-refractivity contribution < 1.29 is 137 Å². The molecule has 3 heterocycles. The zero-order valence-corrected chi connectivity index (χ0v) is 21.9. The molecule has 180 valence electrons. The molecule has 0 aromatic carbocycles. The SMILES string of the molecule is Nc1nc(N)c2ncn([C@@H]3O[C@H](COP(=O)([O-])OP(=O)([O-])OP(=O)([O-])[O-])[C@@H](O)[C@H]3O)c2n1.[Li+].[Li+].[Li+].[Li+]. The number of ether oxygens (including phenoxy) is 1. The Morgan fingerprint density at radius 2 is 1.56 bits per heavy atom. The van der Waals surface area contributed by atoms with Crippen molar-refractivity contribution in [1.82, 2.24) is 19.5 Å². The molecule has 0 radical (unpaired) electrons. The van der Waals surface area contributed by atoms with Crippen LogP contribution in [0.25, 0.3) is 11.2 Å². The molecule has 0 bridgehead atoms. The molecule has 6 N–H and O–H groups in total. The van der Waals surface area contributed by atoms with Crippen molar-refractivity contribution >= 4 is 46.4 Å². The van der Waals surface area contributed by atoms with Crippen LogP contribution in [-0.4, -0.2) is 54.7 Å². The first kappa shape index (κ1) is 39.0. The molecule has 3 rings (SSSR count). The van der Waals surface area contributed by atoms with Crippen LogP contribution in [0.5, 0.6) is 0 Å². The summed E-state index contributed by atoms with van der Waals surface area (Å²) in [6, 6.07) is 0. The molecule has 1 aliphatic rings. The summed E-state index contributed by atoms with van der Waals surface area (Å²) in [5.41, 5.74) is 11.3. The maximum Gasteiger partial charge on any atom is 1.00 e. The maximum atomic E-state index is 11.6. The zero-order chi connectivity index (χ0) is 24.1. The van der Waals surface area contributed by atoms with Gasteiger partial charge < -0.3 is 55.1 Å². The second-order valence-corrected chi connectivity index (χ2v) is 10.4. The van der Waals surface area contributed by atoms with Gasteiger partial charge in [0.2, 0.25) is 5.95 Å². The Balaban J connectivity index is 0. The van der Waals surface area contributed by atoms with Crippen molar-refractivity contribution in [1.29, 1.82) is 0 Å². The summed E-state index contributed by atoms with van der Waals surface area (Å²) < 4.78 is 50.2. The van der Waals surface area contributed by atoms with Gasteiger partial charge in [-0.15, -0.1) is 0 Å². The number of phosphoric acid groups is 3. The molecule has 0 amide bonds. The number of hydrogen-bond acceptors (Lipinski definition) is 18. The molecule has 6 atom stereocenters. The van der Waals surface area contributed by atoms with Gasteiger partial charge in [0.15, 0.2) is 17.7 Å². The van der Waals surface area contributed by atoms with Crippen LogP contribution in [0.15, 0.2) is 6.33 Å². The molecule has 2 unspecified atom stereocenters. The normalized spacial score (nSPS) is 24.8. The summed E-state index contributed by atoms with van der Waals surface area (Å²) in [6.45, 7) is -1.10. The van der Waals surface area contributed by atoms with Gasteiger partial charge in [-0.3, -0.25) is 18.0 Å². The van der Waals surface area contributed by atoms with Crippen molar-refractivity contribution in [3.8, 4) is 0 Å². The average Bonchev–Trinajstić information content (AvgIpc) is 3.12. The van der Waals surface area contributed by atoms with E-state index in [1.165, 1.54) is 0 Å². The van der Waals surface area contributed by atoms with Crippen LogP contribution in [0.3, 0.4) is 0 Å². The molecule has 2 aromatic rings. The third-order valence-electron chi connectivity index (χ3n) is 3.87. The van der Waals surface area contributed by atoms with Crippen molar-refractivity contribution in [2.24, 2.45) is 0 Å². The maximum absolute atomic E-state index is 11.6. The Kier molecular flexibility index (Phi) is 15.7. The van der Waals surface area contributed by atoms with Gasteiger partial charge in [0.25, 0.3) is 15.6 Å². The number of rotatable bonds is 8. The summed E-state index contributed by atoms with van der Waals surface area (Å²) in [5, 5.41) is 20.4. The standard InChI is InChI=1S/C10H17N6O13P3.4Li/c11-7-4-8(15-10(12)14-7)16(2-13-4)9-6(18)5(17)3(27-9)1-26-31(22,23)29-32(24,25)28-30(19,20)21;;;;/h2-3,5-6,9,17-18H,1H2,(H,22,23)(H,24,25)(H2,19,20,21)(H4,11,12,14,15);;;;/q;4*+1/p-4/t3-,5-,6-,9-;;;;/m1..../s1. The van der Waals surface area contributed by atoms with Crippen molar-refractivity contribution in [3.05, 3.63) is 6.33 Å². The fourth-order valence-electron chi connectivity index (χ4n) is 2.69. The van der Waals surface area contributed by atoms with Gasteiger partial charge in [0.1, 0.15) is 23.8 Å². The number of aliphatic hydroxyl groups is 2. The molecule has 26 heteroatoms. The van der Waals surface area contributed by atoms with E-state index in [0.717, 1.165) is 10.9 Å². The van der Waals surface area contributed by atoms with Crippen molar-refractivity contribution in [3.63, 3.8) is 0 Å². The van der Waals surface area contributed by atoms with Crippen molar-refractivity contribution in [2.75, 3.05) is 18.1 Å². The minimum Gasteiger partial charge on any atom is -0.790 e. The Labute approximate surface area is 250 Å². The Morgan fingerprint density at radius 1 is 0.972 bits per heavy atom. The number of aromatic nitrogens is 4. The molecule has 0 aliphatic carbocycles. The van der Waals surface area contributed by atoms with Crippen LogP contribution in [-0.2, 0) is 31.6 Å². The largest absolute Gasteiger partial charge is 1.00 e. The van der Waals surface area contributed by atoms with E-state index >= 15 is 0 Å². The number of phosphoric ester groups is 1. The summed E-state index contributed by atoms with van der Waals surface area (Å²) in [5.74, 6) is -0.326. The van der Waals surface area contributed by atoms with Crippen LogP contribution >= 0.6 is 23.5 Å². The van der Waals surface area contributed by atoms with Crippen LogP contribution in [0.1, 0.15) is 6.23 Å². The van der Waals surface area contributed by atoms with E-state index < -0.39 is 54.6 Å². The number of hydrogen-bond donors (Lipinski definition) is 4. The smallest absolute Gasteiger partial charge is 0.790 e. The van der Waals surface area contributed by atoms with E-state index in [-0.39, 0.29) is 98.4 Å². The Hall–Kier alpha value is 0.830. The van der Waals surface area contributed by atoms with Crippen LogP contribution < -0.4 is 106 Å². The minimum absolute atomic E-state index is 0. The Morgan fingerprint density at radius 3 is 2.11 bits per heavy atom. The molecule has 19 nitrogen and oxygen atoms in total. The van der Waals surface area contributed by atoms with Gasteiger partial charge in [-0.1, -0.05) is 0 Å². The number of aliphatic hydroxyl groups excluding tert-OH is 2. The van der Waals surface area contributed by atoms with E-state index in [0.29, 0.717) is 0 Å². The summed E-state index contributed by atoms with van der Waals surface area (Å²) >= 11 is 0. The second-order valence-electron chi connectivity index (χ2n) is 6.14. The molecule has 0 spiro atoms. The van der Waals surface area contributed by atoms with Gasteiger partial charge in [-0.25, -0.2) is 9.29 Å². The summed E-state index contributed by atoms with van der Waals surface area (Å²) in [6.07, 6.45) is -5.31. The van der Waals surface area contributed by atoms with E-state index in [4.69, 9.17) is 16.2 Å². The molecule has 1 aliphatic heterocycles. The van der Waals surface area contributed by atoms with Gasteiger partial charge >= 0.3 is 75.4 Å². The third kappa shape index (κ3) is 9.78. The summed E-state index contributed by atoms with van der Waals surface area (Å²) in [7, 11) is -18.1. The number of fused-ring (bicyclic) bond motifs is 1. The number of anilines is 2. The van der Waals surface area contributed by atoms with Gasteiger partial charge in [0.05, 0.1) is 20.8 Å². The first-order valence-electron chi connectivity index (χ1n) is 8.07. The topological polar surface area (TPSA) is 316 Å². The fourth-order valence-corrected chi connectivity index (χ4v) is 5.55. The Bertz CT molecular complexity index is 1170. The quantitative estimate of drug-likeness (QED) is 0.176. The molecular formula is C10H13Li4N6O13P3.